The summed E-state index contributed by atoms with van der Waals surface area (Å²) in [5.41, 5.74) is 0. The van der Waals surface area contributed by atoms with E-state index in [9.17, 15) is 0 Å². The van der Waals surface area contributed by atoms with Crippen molar-refractivity contribution in [3.63, 3.8) is 0 Å². The molecule has 0 aliphatic heterocycles. The van der Waals surface area contributed by atoms with Crippen LogP contribution in [-0.2, 0) is 0 Å². The standard InChI is InChI=1S/C16H40IN4P/c1-8-15-16-18-22(17,19(9-2)10-3,20(11-4)12-5)21(13-6)14-7/h18H,8-16H2,1-7H3. The Hall–Kier alpha value is 1.00. The molecule has 0 unspecified atom stereocenters. The summed E-state index contributed by atoms with van der Waals surface area (Å²) < 4.78 is 8.13. The van der Waals surface area contributed by atoms with Gasteiger partial charge in [0.05, 0.1) is 0 Å². The number of nitrogens with zero attached hydrogens (tertiary/aromatic N) is 3. The molecule has 0 aliphatic rings. The van der Waals surface area contributed by atoms with Gasteiger partial charge in [-0.2, -0.15) is 0 Å². The van der Waals surface area contributed by atoms with Crippen LogP contribution in [0.15, 0.2) is 0 Å². The van der Waals surface area contributed by atoms with Crippen molar-refractivity contribution in [1.29, 1.82) is 0 Å². The van der Waals surface area contributed by atoms with Crippen molar-refractivity contribution >= 4 is 26.9 Å². The first kappa shape index (κ1) is 23.0. The van der Waals surface area contributed by atoms with Crippen LogP contribution in [0.1, 0.15) is 61.3 Å². The molecule has 0 saturated heterocycles. The molecule has 0 amide bonds. The molecule has 1 N–H and O–H groups in total. The van der Waals surface area contributed by atoms with E-state index >= 15 is 0 Å². The Bertz CT molecular complexity index is 258. The monoisotopic (exact) mass is 446 g/mol. The quantitative estimate of drug-likeness (QED) is 0.245. The Kier molecular flexibility index (Phi) is 11.3. The molecule has 0 saturated carbocycles. The summed E-state index contributed by atoms with van der Waals surface area (Å²) in [6.45, 7) is 23.7. The van der Waals surface area contributed by atoms with Crippen LogP contribution in [-0.4, -0.2) is 59.8 Å². The minimum absolute atomic E-state index is 1.09. The van der Waals surface area contributed by atoms with E-state index in [0.29, 0.717) is 0 Å². The summed E-state index contributed by atoms with van der Waals surface area (Å²) in [6, 6.07) is 0. The molecule has 0 aromatic carbocycles. The van der Waals surface area contributed by atoms with E-state index < -0.39 is 4.85 Å². The molecule has 0 heterocycles. The van der Waals surface area contributed by atoms with E-state index in [4.69, 9.17) is 0 Å². The van der Waals surface area contributed by atoms with E-state index in [0.717, 1.165) is 45.8 Å². The number of halogens is 1. The predicted molar refractivity (Wildman–Crippen MR) is 113 cm³/mol. The van der Waals surface area contributed by atoms with Crippen molar-refractivity contribution in [2.45, 2.75) is 61.3 Å². The molecule has 0 bridgehead atoms. The van der Waals surface area contributed by atoms with Crippen molar-refractivity contribution in [3.05, 3.63) is 0 Å². The van der Waals surface area contributed by atoms with Gasteiger partial charge in [0, 0.05) is 0 Å². The van der Waals surface area contributed by atoms with E-state index in [-0.39, 0.29) is 0 Å². The molecule has 0 fully saturated rings. The molecule has 6 heteroatoms. The molecule has 22 heavy (non-hydrogen) atoms. The fourth-order valence-electron chi connectivity index (χ4n) is 3.46. The second kappa shape index (κ2) is 10.8. The number of hydrogen-bond acceptors (Lipinski definition) is 4. The molecule has 0 spiro atoms. The zero-order chi connectivity index (χ0) is 17.3. The number of rotatable bonds is 13. The zero-order valence-electron chi connectivity index (χ0n) is 16.0. The average Bonchev–Trinajstić information content (AvgIpc) is 2.51. The average molecular weight is 446 g/mol. The molecule has 0 radical (unpaired) electrons. The van der Waals surface area contributed by atoms with Crippen LogP contribution in [0.5, 0.6) is 0 Å². The predicted octanol–water partition coefficient (Wildman–Crippen LogP) is 4.96. The summed E-state index contributed by atoms with van der Waals surface area (Å²) in [5.74, 6) is 0. The summed E-state index contributed by atoms with van der Waals surface area (Å²) in [4.78, 5) is -2.50. The number of unbranched alkanes of at least 4 members (excludes halogenated alkanes) is 1. The molecule has 0 aromatic heterocycles. The van der Waals surface area contributed by atoms with E-state index in [1.807, 2.05) is 0 Å². The second-order valence-electron chi connectivity index (χ2n) is 5.56. The van der Waals surface area contributed by atoms with Gasteiger partial charge in [0.2, 0.25) is 0 Å². The van der Waals surface area contributed by atoms with Crippen molar-refractivity contribution in [3.8, 4) is 0 Å². The first-order valence-electron chi connectivity index (χ1n) is 9.19. The van der Waals surface area contributed by atoms with Gasteiger partial charge in [-0.1, -0.05) is 0 Å². The van der Waals surface area contributed by atoms with Crippen LogP contribution in [0.4, 0.5) is 0 Å². The van der Waals surface area contributed by atoms with Gasteiger partial charge in [-0.05, 0) is 0 Å². The second-order valence-corrected chi connectivity index (χ2v) is 14.7. The molecular formula is C16H40IN4P. The maximum atomic E-state index is 4.11. The Morgan fingerprint density at radius 3 is 1.23 bits per heavy atom. The van der Waals surface area contributed by atoms with Gasteiger partial charge >= 0.3 is 153 Å². The van der Waals surface area contributed by atoms with Crippen LogP contribution in [0.3, 0.4) is 0 Å². The summed E-state index contributed by atoms with van der Waals surface area (Å²) in [6.07, 6.45) is 2.48. The first-order valence-corrected chi connectivity index (χ1v) is 14.1. The van der Waals surface area contributed by atoms with Crippen molar-refractivity contribution in [1.82, 2.24) is 19.1 Å². The van der Waals surface area contributed by atoms with Gasteiger partial charge in [0.25, 0.3) is 0 Å². The number of hydrogen-bond donors (Lipinski definition) is 1. The van der Waals surface area contributed by atoms with Gasteiger partial charge in [-0.25, -0.2) is 0 Å². The Labute approximate surface area is 153 Å². The number of nitrogens with one attached hydrogen (secondary N) is 1. The Morgan fingerprint density at radius 1 is 0.682 bits per heavy atom. The van der Waals surface area contributed by atoms with Crippen LogP contribution in [0.25, 0.3) is 0 Å². The maximum absolute atomic E-state index is 4.11. The minimum atomic E-state index is -2.50. The molecule has 136 valence electrons. The van der Waals surface area contributed by atoms with Crippen LogP contribution >= 0.6 is 26.9 Å². The van der Waals surface area contributed by atoms with Crippen LogP contribution in [0, 0.1) is 0 Å². The topological polar surface area (TPSA) is 21.8 Å². The fourth-order valence-corrected chi connectivity index (χ4v) is 14.9. The molecule has 0 aromatic rings. The normalized spacial score (nSPS) is 14.8. The third kappa shape index (κ3) is 4.34. The van der Waals surface area contributed by atoms with E-state index in [1.54, 1.807) is 0 Å². The van der Waals surface area contributed by atoms with Gasteiger partial charge < -0.3 is 0 Å². The third-order valence-corrected chi connectivity index (χ3v) is 16.6. The molecule has 4 nitrogen and oxygen atoms in total. The van der Waals surface area contributed by atoms with Crippen LogP contribution in [0.2, 0.25) is 0 Å². The zero-order valence-corrected chi connectivity index (χ0v) is 19.1. The summed E-state index contributed by atoms with van der Waals surface area (Å²) in [5, 5.41) is 4.11. The summed E-state index contributed by atoms with van der Waals surface area (Å²) in [7, 11) is 0. The van der Waals surface area contributed by atoms with Crippen molar-refractivity contribution in [2.75, 3.05) is 45.8 Å². The molecule has 0 aliphatic carbocycles. The van der Waals surface area contributed by atoms with Gasteiger partial charge in [-0.15, -0.1) is 0 Å². The SMILES string of the molecule is CCCCNP(I)(N(CC)CC)(N(CC)CC)N(CC)CC. The molecule has 0 rings (SSSR count). The summed E-state index contributed by atoms with van der Waals surface area (Å²) >= 11 is 2.83. The Morgan fingerprint density at radius 2 is 1.00 bits per heavy atom. The van der Waals surface area contributed by atoms with Gasteiger partial charge in [0.15, 0.2) is 0 Å². The van der Waals surface area contributed by atoms with E-state index in [2.05, 4.69) is 89.6 Å². The van der Waals surface area contributed by atoms with Gasteiger partial charge in [0.1, 0.15) is 0 Å². The fraction of sp³-hybridized carbons (Fsp3) is 1.00. The van der Waals surface area contributed by atoms with Crippen molar-refractivity contribution in [2.24, 2.45) is 0 Å². The molecular weight excluding hydrogens is 406 g/mol. The first-order chi connectivity index (χ1) is 10.4. The third-order valence-electron chi connectivity index (χ3n) is 4.61. The van der Waals surface area contributed by atoms with Gasteiger partial charge in [-0.3, -0.25) is 0 Å². The van der Waals surface area contributed by atoms with E-state index in [1.165, 1.54) is 12.8 Å². The Balaban J connectivity index is 6.09. The van der Waals surface area contributed by atoms with Crippen LogP contribution < -0.4 is 5.09 Å². The molecule has 0 atom stereocenters. The van der Waals surface area contributed by atoms with Crippen molar-refractivity contribution < 1.29 is 0 Å².